The predicted molar refractivity (Wildman–Crippen MR) is 74.9 cm³/mol. The molecule has 1 saturated heterocycles. The fraction of sp³-hybridized carbons (Fsp3) is 0.846. The van der Waals surface area contributed by atoms with Crippen LogP contribution in [0.2, 0.25) is 18.1 Å². The van der Waals surface area contributed by atoms with E-state index in [0.29, 0.717) is 0 Å². The van der Waals surface area contributed by atoms with E-state index in [4.69, 9.17) is 9.16 Å². The van der Waals surface area contributed by atoms with Crippen molar-refractivity contribution in [2.24, 2.45) is 5.92 Å². The number of carbonyl (C=O) groups excluding carboxylic acids is 2. The minimum Gasteiger partial charge on any atom is -0.441 e. The van der Waals surface area contributed by atoms with Crippen molar-refractivity contribution in [3.8, 4) is 0 Å². The molecule has 1 aliphatic heterocycles. The number of amides is 1. The highest BCUT2D eigenvalue weighted by atomic mass is 28.4. The minimum absolute atomic E-state index is 0.0818. The fourth-order valence-electron chi connectivity index (χ4n) is 1.82. The fourth-order valence-corrected chi connectivity index (χ4v) is 3.25. The summed E-state index contributed by atoms with van der Waals surface area (Å²) in [5.74, 6) is -0.912. The van der Waals surface area contributed by atoms with Gasteiger partial charge in [-0.3, -0.25) is 9.59 Å². The van der Waals surface area contributed by atoms with Gasteiger partial charge >= 0.3 is 5.97 Å². The monoisotopic (exact) mass is 287 g/mol. The maximum atomic E-state index is 11.6. The summed E-state index contributed by atoms with van der Waals surface area (Å²) in [6.07, 6.45) is -0.802. The smallest absolute Gasteiger partial charge is 0.304 e. The Morgan fingerprint density at radius 1 is 1.37 bits per heavy atom. The van der Waals surface area contributed by atoms with Crippen LogP contribution in [-0.2, 0) is 18.8 Å². The second kappa shape index (κ2) is 5.24. The SMILES string of the molecule is CC(=O)O[C@H]1NC(=O)C1C(C)O[Si](C)(C)C(C)(C)C. The van der Waals surface area contributed by atoms with Gasteiger partial charge in [0.15, 0.2) is 14.5 Å². The Hall–Kier alpha value is -0.883. The molecule has 1 N–H and O–H groups in total. The number of β-lactam (4-membered cyclic amide) rings is 1. The molecule has 3 atom stereocenters. The maximum Gasteiger partial charge on any atom is 0.304 e. The number of hydrogen-bond acceptors (Lipinski definition) is 4. The molecule has 0 radical (unpaired) electrons. The standard InChI is InChI=1S/C13H25NO4Si/c1-8(18-19(6,7)13(3,4)5)10-11(16)14-12(10)17-9(2)15/h8,10,12H,1-7H3,(H,14,16)/t8?,10?,12-/m1/s1. The Kier molecular flexibility index (Phi) is 4.46. The molecule has 0 saturated carbocycles. The van der Waals surface area contributed by atoms with E-state index in [-0.39, 0.29) is 17.0 Å². The van der Waals surface area contributed by atoms with Gasteiger partial charge in [0.2, 0.25) is 5.91 Å². The highest BCUT2D eigenvalue weighted by molar-refractivity contribution is 6.74. The van der Waals surface area contributed by atoms with Gasteiger partial charge in [0.1, 0.15) is 5.92 Å². The van der Waals surface area contributed by atoms with Crippen molar-refractivity contribution >= 4 is 20.2 Å². The Morgan fingerprint density at radius 2 is 1.89 bits per heavy atom. The summed E-state index contributed by atoms with van der Waals surface area (Å²) < 4.78 is 11.2. The van der Waals surface area contributed by atoms with Gasteiger partial charge in [-0.15, -0.1) is 0 Å². The first-order chi connectivity index (χ1) is 8.45. The molecule has 5 nitrogen and oxygen atoms in total. The largest absolute Gasteiger partial charge is 0.441 e. The van der Waals surface area contributed by atoms with Gasteiger partial charge in [-0.05, 0) is 25.1 Å². The summed E-state index contributed by atoms with van der Waals surface area (Å²) in [5.41, 5.74) is 0. The molecule has 110 valence electrons. The third-order valence-electron chi connectivity index (χ3n) is 4.00. The van der Waals surface area contributed by atoms with Crippen LogP contribution in [0.1, 0.15) is 34.6 Å². The first kappa shape index (κ1) is 16.2. The van der Waals surface area contributed by atoms with Gasteiger partial charge in [0.05, 0.1) is 6.10 Å². The van der Waals surface area contributed by atoms with E-state index in [1.165, 1.54) is 6.92 Å². The van der Waals surface area contributed by atoms with Gasteiger partial charge in [-0.2, -0.15) is 0 Å². The van der Waals surface area contributed by atoms with Crippen LogP contribution in [-0.4, -0.2) is 32.5 Å². The summed E-state index contributed by atoms with van der Waals surface area (Å²) in [6.45, 7) is 13.9. The van der Waals surface area contributed by atoms with Gasteiger partial charge in [-0.1, -0.05) is 20.8 Å². The summed E-state index contributed by atoms with van der Waals surface area (Å²) in [6, 6.07) is 0. The Bertz CT molecular complexity index is 375. The molecule has 1 fully saturated rings. The second-order valence-corrected chi connectivity index (χ2v) is 11.4. The molecule has 1 heterocycles. The Balaban J connectivity index is 2.69. The predicted octanol–water partition coefficient (Wildman–Crippen LogP) is 2.03. The molecule has 1 rings (SSSR count). The number of nitrogens with one attached hydrogen (secondary N) is 1. The van der Waals surface area contributed by atoms with E-state index in [1.807, 2.05) is 6.92 Å². The molecular weight excluding hydrogens is 262 g/mol. The van der Waals surface area contributed by atoms with Crippen molar-refractivity contribution in [1.29, 1.82) is 0 Å². The van der Waals surface area contributed by atoms with Gasteiger partial charge in [-0.25, -0.2) is 0 Å². The summed E-state index contributed by atoms with van der Waals surface area (Å²) >= 11 is 0. The van der Waals surface area contributed by atoms with Crippen molar-refractivity contribution in [2.45, 2.75) is 65.1 Å². The number of carbonyl (C=O) groups is 2. The lowest BCUT2D eigenvalue weighted by Crippen LogP contribution is -2.65. The molecule has 6 heteroatoms. The summed E-state index contributed by atoms with van der Waals surface area (Å²) in [4.78, 5) is 22.6. The summed E-state index contributed by atoms with van der Waals surface area (Å²) in [5, 5.41) is 2.66. The van der Waals surface area contributed by atoms with Gasteiger partial charge in [0.25, 0.3) is 0 Å². The molecular formula is C13H25NO4Si. The average molecular weight is 287 g/mol. The average Bonchev–Trinajstić information content (AvgIpc) is 2.12. The first-order valence-electron chi connectivity index (χ1n) is 6.61. The van der Waals surface area contributed by atoms with Crippen LogP contribution in [0.4, 0.5) is 0 Å². The molecule has 0 aromatic rings. The zero-order chi connectivity index (χ0) is 15.0. The van der Waals surface area contributed by atoms with Gasteiger partial charge in [0, 0.05) is 6.92 Å². The zero-order valence-electron chi connectivity index (χ0n) is 12.9. The van der Waals surface area contributed by atoms with Crippen molar-refractivity contribution in [2.75, 3.05) is 0 Å². The van der Waals surface area contributed by atoms with Crippen molar-refractivity contribution in [3.63, 3.8) is 0 Å². The maximum absolute atomic E-state index is 11.6. The third kappa shape index (κ3) is 3.57. The van der Waals surface area contributed by atoms with Crippen LogP contribution in [0, 0.1) is 5.92 Å². The van der Waals surface area contributed by atoms with Crippen LogP contribution in [0.15, 0.2) is 0 Å². The van der Waals surface area contributed by atoms with E-state index in [2.05, 4.69) is 39.2 Å². The molecule has 1 aliphatic rings. The Labute approximate surface area is 116 Å². The molecule has 2 unspecified atom stereocenters. The van der Waals surface area contributed by atoms with Crippen molar-refractivity contribution in [3.05, 3.63) is 0 Å². The molecule has 0 aromatic heterocycles. The first-order valence-corrected chi connectivity index (χ1v) is 9.52. The third-order valence-corrected chi connectivity index (χ3v) is 8.57. The van der Waals surface area contributed by atoms with E-state index >= 15 is 0 Å². The number of ether oxygens (including phenoxy) is 1. The molecule has 1 amide bonds. The van der Waals surface area contributed by atoms with Crippen LogP contribution >= 0.6 is 0 Å². The van der Waals surface area contributed by atoms with Crippen LogP contribution in [0.25, 0.3) is 0 Å². The summed E-state index contributed by atoms with van der Waals surface area (Å²) in [7, 11) is -1.93. The minimum atomic E-state index is -1.93. The van der Waals surface area contributed by atoms with Crippen LogP contribution < -0.4 is 5.32 Å². The van der Waals surface area contributed by atoms with Crippen molar-refractivity contribution < 1.29 is 18.8 Å². The topological polar surface area (TPSA) is 64.6 Å². The number of hydrogen-bond donors (Lipinski definition) is 1. The van der Waals surface area contributed by atoms with E-state index < -0.39 is 26.4 Å². The van der Waals surface area contributed by atoms with Crippen LogP contribution in [0.3, 0.4) is 0 Å². The molecule has 19 heavy (non-hydrogen) atoms. The normalized spacial score (nSPS) is 25.3. The zero-order valence-corrected chi connectivity index (χ0v) is 13.9. The lowest BCUT2D eigenvalue weighted by atomic mass is 9.93. The quantitative estimate of drug-likeness (QED) is 0.488. The van der Waals surface area contributed by atoms with E-state index in [0.717, 1.165) is 0 Å². The molecule has 0 aromatic carbocycles. The van der Waals surface area contributed by atoms with Crippen LogP contribution in [0.5, 0.6) is 0 Å². The molecule has 0 spiro atoms. The lowest BCUT2D eigenvalue weighted by molar-refractivity contribution is -0.173. The number of rotatable bonds is 4. The van der Waals surface area contributed by atoms with E-state index in [1.54, 1.807) is 0 Å². The second-order valence-electron chi connectivity index (χ2n) is 6.65. The van der Waals surface area contributed by atoms with Crippen molar-refractivity contribution in [1.82, 2.24) is 5.32 Å². The number of esters is 1. The Morgan fingerprint density at radius 3 is 2.26 bits per heavy atom. The molecule has 0 aliphatic carbocycles. The van der Waals surface area contributed by atoms with Gasteiger partial charge < -0.3 is 14.5 Å². The molecule has 0 bridgehead atoms. The van der Waals surface area contributed by atoms with E-state index in [9.17, 15) is 9.59 Å². The lowest BCUT2D eigenvalue weighted by Gasteiger charge is -2.44. The highest BCUT2D eigenvalue weighted by Gasteiger charge is 2.49. The highest BCUT2D eigenvalue weighted by Crippen LogP contribution is 2.39.